The van der Waals surface area contributed by atoms with E-state index in [1.165, 1.54) is 23.5 Å². The molecule has 1 aromatic rings. The maximum atomic E-state index is 10.5. The van der Waals surface area contributed by atoms with Gasteiger partial charge in [-0.15, -0.1) is 23.5 Å². The lowest BCUT2D eigenvalue weighted by molar-refractivity contribution is -0.134. The summed E-state index contributed by atoms with van der Waals surface area (Å²) < 4.78 is -0.226. The van der Waals surface area contributed by atoms with Crippen molar-refractivity contribution >= 4 is 35.5 Å². The van der Waals surface area contributed by atoms with Crippen LogP contribution in [0.25, 0.3) is 0 Å². The highest BCUT2D eigenvalue weighted by Gasteiger charge is 2.16. The summed E-state index contributed by atoms with van der Waals surface area (Å²) in [7, 11) is 0. The molecule has 17 heavy (non-hydrogen) atoms. The van der Waals surface area contributed by atoms with E-state index < -0.39 is 11.9 Å². The molecule has 0 saturated carbocycles. The third-order valence-corrected chi connectivity index (χ3v) is 4.47. The molecule has 5 nitrogen and oxygen atoms in total. The third kappa shape index (κ3) is 5.60. The standard InChI is InChI=1S/C10H11NO4S2/c12-8(13)5-16-10(17-6-9(14)15)7-2-1-3-11-4-7/h1-4,10H,5-6H2,(H,12,13)(H,14,15). The first-order valence-corrected chi connectivity index (χ1v) is 6.76. The number of carboxylic acid groups (broad SMARTS) is 2. The normalized spacial score (nSPS) is 10.4. The van der Waals surface area contributed by atoms with Gasteiger partial charge >= 0.3 is 11.9 Å². The molecule has 0 unspecified atom stereocenters. The van der Waals surface area contributed by atoms with E-state index in [4.69, 9.17) is 10.2 Å². The molecule has 0 aliphatic heterocycles. The highest BCUT2D eigenvalue weighted by Crippen LogP contribution is 2.38. The zero-order chi connectivity index (χ0) is 12.7. The van der Waals surface area contributed by atoms with Gasteiger partial charge in [0.05, 0.1) is 16.1 Å². The van der Waals surface area contributed by atoms with Gasteiger partial charge in [0.15, 0.2) is 0 Å². The number of aromatic nitrogens is 1. The molecule has 92 valence electrons. The summed E-state index contributed by atoms with van der Waals surface area (Å²) in [5.41, 5.74) is 0.824. The second-order valence-corrected chi connectivity index (χ2v) is 5.51. The van der Waals surface area contributed by atoms with E-state index >= 15 is 0 Å². The Balaban J connectivity index is 2.64. The van der Waals surface area contributed by atoms with Crippen molar-refractivity contribution in [1.82, 2.24) is 4.98 Å². The number of carboxylic acids is 2. The summed E-state index contributed by atoms with van der Waals surface area (Å²) in [5.74, 6) is -1.96. The Morgan fingerprint density at radius 3 is 2.24 bits per heavy atom. The van der Waals surface area contributed by atoms with Crippen LogP contribution in [-0.2, 0) is 9.59 Å². The average molecular weight is 273 g/mol. The average Bonchev–Trinajstić information content (AvgIpc) is 2.29. The lowest BCUT2D eigenvalue weighted by Crippen LogP contribution is -2.04. The number of carbonyl (C=O) groups is 2. The number of thioether (sulfide) groups is 2. The smallest absolute Gasteiger partial charge is 0.313 e. The van der Waals surface area contributed by atoms with Gasteiger partial charge in [-0.2, -0.15) is 0 Å². The Labute approximate surface area is 107 Å². The summed E-state index contributed by atoms with van der Waals surface area (Å²) in [6.45, 7) is 0. The van der Waals surface area contributed by atoms with Gasteiger partial charge in [-0.25, -0.2) is 0 Å². The van der Waals surface area contributed by atoms with E-state index in [1.54, 1.807) is 24.5 Å². The maximum absolute atomic E-state index is 10.5. The van der Waals surface area contributed by atoms with Gasteiger partial charge in [0.2, 0.25) is 0 Å². The lowest BCUT2D eigenvalue weighted by atomic mass is 10.3. The molecule has 1 aromatic heterocycles. The first-order chi connectivity index (χ1) is 8.09. The zero-order valence-corrected chi connectivity index (χ0v) is 10.4. The Bertz CT molecular complexity index is 367. The van der Waals surface area contributed by atoms with Crippen LogP contribution in [0.2, 0.25) is 0 Å². The predicted octanol–water partition coefficient (Wildman–Crippen LogP) is 1.72. The van der Waals surface area contributed by atoms with Crippen LogP contribution in [0.1, 0.15) is 10.1 Å². The summed E-state index contributed by atoms with van der Waals surface area (Å²) in [6, 6.07) is 3.55. The van der Waals surface area contributed by atoms with E-state index in [2.05, 4.69) is 4.98 Å². The molecular weight excluding hydrogens is 262 g/mol. The molecule has 1 rings (SSSR count). The third-order valence-electron chi connectivity index (χ3n) is 1.67. The molecule has 0 saturated heterocycles. The fourth-order valence-corrected chi connectivity index (χ4v) is 3.09. The van der Waals surface area contributed by atoms with Crippen molar-refractivity contribution in [3.05, 3.63) is 30.1 Å². The van der Waals surface area contributed by atoms with Crippen molar-refractivity contribution < 1.29 is 19.8 Å². The van der Waals surface area contributed by atoms with Crippen LogP contribution in [0.5, 0.6) is 0 Å². The van der Waals surface area contributed by atoms with Crippen molar-refractivity contribution in [2.45, 2.75) is 4.58 Å². The minimum Gasteiger partial charge on any atom is -0.481 e. The molecule has 7 heteroatoms. The van der Waals surface area contributed by atoms with Crippen LogP contribution in [0.3, 0.4) is 0 Å². The number of aliphatic carboxylic acids is 2. The number of rotatable bonds is 7. The van der Waals surface area contributed by atoms with E-state index in [0.717, 1.165) is 5.56 Å². The first kappa shape index (κ1) is 13.9. The monoisotopic (exact) mass is 273 g/mol. The summed E-state index contributed by atoms with van der Waals surface area (Å²) >= 11 is 2.37. The second-order valence-electron chi connectivity index (χ2n) is 3.03. The molecule has 1 heterocycles. The lowest BCUT2D eigenvalue weighted by Gasteiger charge is -2.13. The van der Waals surface area contributed by atoms with E-state index in [-0.39, 0.29) is 16.1 Å². The molecule has 0 amide bonds. The summed E-state index contributed by atoms with van der Waals surface area (Å²) in [5, 5.41) is 17.2. The quantitative estimate of drug-likeness (QED) is 0.731. The van der Waals surface area contributed by atoms with Crippen LogP contribution < -0.4 is 0 Å². The van der Waals surface area contributed by atoms with Gasteiger partial charge in [0, 0.05) is 12.4 Å². The fourth-order valence-electron chi connectivity index (χ4n) is 1.05. The van der Waals surface area contributed by atoms with Crippen molar-refractivity contribution in [3.8, 4) is 0 Å². The molecule has 0 aliphatic rings. The Kier molecular flexibility index (Phi) is 5.85. The number of hydrogen-bond donors (Lipinski definition) is 2. The largest absolute Gasteiger partial charge is 0.481 e. The Morgan fingerprint density at radius 1 is 1.24 bits per heavy atom. The zero-order valence-electron chi connectivity index (χ0n) is 8.78. The van der Waals surface area contributed by atoms with E-state index in [1.807, 2.05) is 0 Å². The topological polar surface area (TPSA) is 87.5 Å². The molecular formula is C10H11NO4S2. The molecule has 0 spiro atoms. The van der Waals surface area contributed by atoms with Crippen LogP contribution in [0.15, 0.2) is 24.5 Å². The maximum Gasteiger partial charge on any atom is 0.313 e. The number of pyridine rings is 1. The van der Waals surface area contributed by atoms with Crippen molar-refractivity contribution in [3.63, 3.8) is 0 Å². The SMILES string of the molecule is O=C(O)CSC(SCC(=O)O)c1cccnc1. The van der Waals surface area contributed by atoms with Gasteiger partial charge in [-0.3, -0.25) is 14.6 Å². The summed E-state index contributed by atoms with van der Waals surface area (Å²) in [4.78, 5) is 25.0. The molecule has 0 atom stereocenters. The van der Waals surface area contributed by atoms with Crippen LogP contribution >= 0.6 is 23.5 Å². The van der Waals surface area contributed by atoms with Crippen molar-refractivity contribution in [2.24, 2.45) is 0 Å². The second kappa shape index (κ2) is 7.18. The minimum absolute atomic E-state index is 0.0633. The first-order valence-electron chi connectivity index (χ1n) is 4.66. The summed E-state index contributed by atoms with van der Waals surface area (Å²) in [6.07, 6.45) is 3.23. The van der Waals surface area contributed by atoms with Crippen LogP contribution in [-0.4, -0.2) is 38.6 Å². The molecule has 0 aromatic carbocycles. The van der Waals surface area contributed by atoms with Crippen LogP contribution in [0, 0.1) is 0 Å². The van der Waals surface area contributed by atoms with Crippen LogP contribution in [0.4, 0.5) is 0 Å². The van der Waals surface area contributed by atoms with Gasteiger partial charge in [-0.1, -0.05) is 6.07 Å². The molecule has 0 radical (unpaired) electrons. The van der Waals surface area contributed by atoms with E-state index in [0.29, 0.717) is 0 Å². The number of nitrogens with zero attached hydrogens (tertiary/aromatic N) is 1. The van der Waals surface area contributed by atoms with Gasteiger partial charge in [0.25, 0.3) is 0 Å². The highest BCUT2D eigenvalue weighted by molar-refractivity contribution is 8.16. The van der Waals surface area contributed by atoms with Gasteiger partial charge < -0.3 is 10.2 Å². The highest BCUT2D eigenvalue weighted by atomic mass is 32.2. The minimum atomic E-state index is -0.917. The van der Waals surface area contributed by atoms with Gasteiger partial charge in [0.1, 0.15) is 0 Å². The predicted molar refractivity (Wildman–Crippen MR) is 67.2 cm³/mol. The van der Waals surface area contributed by atoms with E-state index in [9.17, 15) is 9.59 Å². The molecule has 0 aliphatic carbocycles. The molecule has 0 bridgehead atoms. The van der Waals surface area contributed by atoms with Crippen molar-refractivity contribution in [1.29, 1.82) is 0 Å². The molecule has 2 N–H and O–H groups in total. The Hall–Kier alpha value is -1.21. The Morgan fingerprint density at radius 2 is 1.82 bits per heavy atom. The number of hydrogen-bond acceptors (Lipinski definition) is 5. The van der Waals surface area contributed by atoms with Gasteiger partial charge in [-0.05, 0) is 11.6 Å². The molecule has 0 fully saturated rings. The van der Waals surface area contributed by atoms with Crippen molar-refractivity contribution in [2.75, 3.05) is 11.5 Å². The fraction of sp³-hybridized carbons (Fsp3) is 0.300.